The van der Waals surface area contributed by atoms with Gasteiger partial charge in [0.2, 0.25) is 5.91 Å². The van der Waals surface area contributed by atoms with Gasteiger partial charge in [-0.25, -0.2) is 9.97 Å². The first kappa shape index (κ1) is 35.0. The standard InChI is InChI=1S/C20H25N3O.C11H12N2O2.C9H15N.ClH/c1-12(18-11-22-20-17(18)3-2-4-21-20)5-19(24)23-15-7-13-6-14(9-15)10-16(23)8-13;1-7(5-10(14)15)9-6-13-11-8(9)3-2-4-12-11;1-6-2-8-4-7(1)5-9(3-6)10-8;/h2-4,11-16H,5-10H2,1H3,(H,21,22);2-4,6-7H,5H2,1H3,(H,12,13)(H,14,15);6-10H,1-5H2;1H. The molecule has 2 unspecified atom stereocenters. The number of nitrogens with one attached hydrogen (secondary N) is 3. The molecule has 1 amide bonds. The van der Waals surface area contributed by atoms with Crippen molar-refractivity contribution in [3.05, 3.63) is 60.2 Å². The van der Waals surface area contributed by atoms with Crippen LogP contribution in [0.25, 0.3) is 22.1 Å². The second kappa shape index (κ2) is 14.7. The number of carbonyl (C=O) groups is 2. The van der Waals surface area contributed by atoms with E-state index in [-0.39, 0.29) is 30.7 Å². The molecule has 0 aromatic carbocycles. The number of halogens is 1. The lowest BCUT2D eigenvalue weighted by atomic mass is 9.63. The molecule has 12 rings (SSSR count). The molecule has 4 aliphatic heterocycles. The van der Waals surface area contributed by atoms with Crippen LogP contribution in [0, 0.1) is 23.7 Å². The van der Waals surface area contributed by atoms with E-state index in [1.807, 2.05) is 37.5 Å². The summed E-state index contributed by atoms with van der Waals surface area (Å²) >= 11 is 0. The maximum Gasteiger partial charge on any atom is 0.303 e. The van der Waals surface area contributed by atoms with Gasteiger partial charge in [0.25, 0.3) is 0 Å². The van der Waals surface area contributed by atoms with Crippen LogP contribution in [0.5, 0.6) is 0 Å². The predicted octanol–water partition coefficient (Wildman–Crippen LogP) is 7.95. The number of aromatic nitrogens is 4. The molecule has 4 saturated carbocycles. The Hall–Kier alpha value is -3.43. The molecule has 8 fully saturated rings. The van der Waals surface area contributed by atoms with Gasteiger partial charge in [-0.3, -0.25) is 9.59 Å². The van der Waals surface area contributed by atoms with Gasteiger partial charge in [0, 0.05) is 66.1 Å². The third kappa shape index (κ3) is 7.18. The number of amides is 1. The van der Waals surface area contributed by atoms with Crippen LogP contribution in [-0.2, 0) is 9.59 Å². The number of pyridine rings is 2. The number of aliphatic carboxylic acids is 1. The van der Waals surface area contributed by atoms with E-state index in [9.17, 15) is 9.59 Å². The summed E-state index contributed by atoms with van der Waals surface area (Å²) in [5.41, 5.74) is 3.96. The number of fused-ring (bicyclic) bond motifs is 2. The van der Waals surface area contributed by atoms with Crippen molar-refractivity contribution in [1.29, 1.82) is 0 Å². The van der Waals surface area contributed by atoms with Crippen molar-refractivity contribution in [2.75, 3.05) is 0 Å². The van der Waals surface area contributed by atoms with E-state index in [2.05, 4.69) is 43.1 Å². The normalized spacial score (nSPS) is 31.0. The average molecular weight is 701 g/mol. The summed E-state index contributed by atoms with van der Waals surface area (Å²) in [7, 11) is 0. The van der Waals surface area contributed by atoms with E-state index < -0.39 is 5.97 Å². The van der Waals surface area contributed by atoms with E-state index in [0.717, 1.165) is 63.4 Å². The van der Waals surface area contributed by atoms with Crippen LogP contribution in [0.2, 0.25) is 0 Å². The fourth-order valence-corrected chi connectivity index (χ4v) is 11.0. The summed E-state index contributed by atoms with van der Waals surface area (Å²) < 4.78 is 0. The van der Waals surface area contributed by atoms with Crippen molar-refractivity contribution in [2.45, 2.75) is 127 Å². The lowest BCUT2D eigenvalue weighted by Gasteiger charge is -2.56. The van der Waals surface area contributed by atoms with Crippen molar-refractivity contribution < 1.29 is 14.7 Å². The molecule has 8 bridgehead atoms. The molecule has 9 nitrogen and oxygen atoms in total. The highest BCUT2D eigenvalue weighted by Gasteiger charge is 2.48. The molecule has 0 spiro atoms. The quantitative estimate of drug-likeness (QED) is 0.162. The minimum atomic E-state index is -0.777. The Morgan fingerprint density at radius 2 is 1.16 bits per heavy atom. The zero-order valence-corrected chi connectivity index (χ0v) is 30.2. The van der Waals surface area contributed by atoms with Gasteiger partial charge in [0.1, 0.15) is 11.3 Å². The number of nitrogens with zero attached hydrogens (tertiary/aromatic N) is 3. The van der Waals surface area contributed by atoms with E-state index in [1.54, 1.807) is 18.8 Å². The smallest absolute Gasteiger partial charge is 0.303 e. The van der Waals surface area contributed by atoms with E-state index in [1.165, 1.54) is 63.4 Å². The Labute approximate surface area is 301 Å². The second-order valence-corrected chi connectivity index (χ2v) is 16.4. The van der Waals surface area contributed by atoms with Gasteiger partial charge in [-0.05, 0) is 135 Å². The molecule has 10 heteroatoms. The third-order valence-electron chi connectivity index (χ3n) is 12.8. The van der Waals surface area contributed by atoms with Crippen LogP contribution in [0.15, 0.2) is 49.1 Å². The first-order valence-corrected chi connectivity index (χ1v) is 18.9. The Balaban J connectivity index is 0.000000128. The molecule has 0 radical (unpaired) electrons. The fourth-order valence-electron chi connectivity index (χ4n) is 11.0. The number of carbonyl (C=O) groups excluding carboxylic acids is 1. The van der Waals surface area contributed by atoms with E-state index in [0.29, 0.717) is 24.4 Å². The minimum absolute atomic E-state index is 0. The van der Waals surface area contributed by atoms with Gasteiger partial charge < -0.3 is 25.3 Å². The Morgan fingerprint density at radius 3 is 1.60 bits per heavy atom. The van der Waals surface area contributed by atoms with Gasteiger partial charge in [-0.15, -0.1) is 12.4 Å². The third-order valence-corrected chi connectivity index (χ3v) is 12.8. The molecular formula is C40H53ClN6O3. The maximum atomic E-state index is 13.1. The summed E-state index contributed by atoms with van der Waals surface area (Å²) in [5, 5.41) is 14.6. The van der Waals surface area contributed by atoms with Crippen LogP contribution >= 0.6 is 12.4 Å². The van der Waals surface area contributed by atoms with Crippen molar-refractivity contribution >= 4 is 46.4 Å². The van der Waals surface area contributed by atoms with Gasteiger partial charge in [0.05, 0.1) is 6.42 Å². The molecule has 4 aromatic heterocycles. The van der Waals surface area contributed by atoms with Crippen LogP contribution in [0.3, 0.4) is 0 Å². The number of H-pyrrole nitrogens is 2. The molecule has 4 N–H and O–H groups in total. The molecule has 4 saturated heterocycles. The summed E-state index contributed by atoms with van der Waals surface area (Å²) in [6.45, 7) is 4.08. The zero-order chi connectivity index (χ0) is 33.6. The molecule has 268 valence electrons. The number of carboxylic acids is 1. The van der Waals surface area contributed by atoms with Crippen LogP contribution in [-0.4, -0.2) is 66.0 Å². The highest BCUT2D eigenvalue weighted by molar-refractivity contribution is 5.85. The van der Waals surface area contributed by atoms with Gasteiger partial charge in [-0.2, -0.15) is 0 Å². The zero-order valence-electron chi connectivity index (χ0n) is 29.4. The molecule has 4 aliphatic carbocycles. The first-order chi connectivity index (χ1) is 23.8. The first-order valence-electron chi connectivity index (χ1n) is 18.9. The molecule has 8 heterocycles. The molecule has 2 atom stereocenters. The topological polar surface area (TPSA) is 127 Å². The summed E-state index contributed by atoms with van der Waals surface area (Å²) in [5.74, 6) is 3.85. The fraction of sp³-hybridized carbons (Fsp3) is 0.600. The molecule has 50 heavy (non-hydrogen) atoms. The minimum Gasteiger partial charge on any atom is -0.481 e. The Bertz CT molecular complexity index is 1720. The maximum absolute atomic E-state index is 13.1. The number of piperidine rings is 4. The van der Waals surface area contributed by atoms with Crippen molar-refractivity contribution in [2.24, 2.45) is 23.7 Å². The monoisotopic (exact) mass is 700 g/mol. The van der Waals surface area contributed by atoms with Gasteiger partial charge in [-0.1, -0.05) is 13.8 Å². The van der Waals surface area contributed by atoms with Crippen molar-refractivity contribution in [3.8, 4) is 0 Å². The van der Waals surface area contributed by atoms with Gasteiger partial charge in [0.15, 0.2) is 0 Å². The van der Waals surface area contributed by atoms with Crippen LogP contribution < -0.4 is 5.32 Å². The molecule has 8 aliphatic rings. The average Bonchev–Trinajstić information content (AvgIpc) is 3.69. The molecule has 4 aromatic rings. The highest BCUT2D eigenvalue weighted by atomic mass is 35.5. The Kier molecular flexibility index (Phi) is 10.3. The number of hydrogen-bond acceptors (Lipinski definition) is 5. The van der Waals surface area contributed by atoms with E-state index in [4.69, 9.17) is 5.11 Å². The summed E-state index contributed by atoms with van der Waals surface area (Å²) in [4.78, 5) is 40.8. The Morgan fingerprint density at radius 1 is 0.720 bits per heavy atom. The van der Waals surface area contributed by atoms with Crippen LogP contribution in [0.1, 0.15) is 114 Å². The van der Waals surface area contributed by atoms with Crippen LogP contribution in [0.4, 0.5) is 0 Å². The highest BCUT2D eigenvalue weighted by Crippen LogP contribution is 2.49. The number of hydrogen-bond donors (Lipinski definition) is 4. The lowest BCUT2D eigenvalue weighted by Crippen LogP contribution is -2.59. The van der Waals surface area contributed by atoms with Crippen molar-refractivity contribution in [3.63, 3.8) is 0 Å². The number of rotatable bonds is 6. The van der Waals surface area contributed by atoms with E-state index >= 15 is 0 Å². The summed E-state index contributed by atoms with van der Waals surface area (Å²) in [6.07, 6.45) is 22.1. The van der Waals surface area contributed by atoms with Crippen molar-refractivity contribution in [1.82, 2.24) is 30.2 Å². The van der Waals surface area contributed by atoms with Gasteiger partial charge >= 0.3 is 5.97 Å². The number of aromatic amines is 2. The number of carboxylic acid groups (broad SMARTS) is 1. The predicted molar refractivity (Wildman–Crippen MR) is 198 cm³/mol. The lowest BCUT2D eigenvalue weighted by molar-refractivity contribution is -0.149. The molecular weight excluding hydrogens is 648 g/mol. The second-order valence-electron chi connectivity index (χ2n) is 16.4. The summed E-state index contributed by atoms with van der Waals surface area (Å²) in [6, 6.07) is 10.8. The SMILES string of the molecule is C1C2CC3CC1CC(C2)N3.CC(CC(=O)N1C2CC3CC(C2)CC1C3)c1c[nH]c2ncccc12.CC(CC(=O)O)c1c[nH]c2ncccc12.Cl. The largest absolute Gasteiger partial charge is 0.481 e.